The Labute approximate surface area is 141 Å². The van der Waals surface area contributed by atoms with Gasteiger partial charge in [-0.25, -0.2) is 0 Å². The number of ether oxygens (including phenoxy) is 2. The first-order chi connectivity index (χ1) is 11.6. The molecule has 0 aromatic heterocycles. The second-order valence-corrected chi connectivity index (χ2v) is 5.12. The lowest BCUT2D eigenvalue weighted by atomic mass is 10.2. The van der Waals surface area contributed by atoms with Gasteiger partial charge < -0.3 is 20.1 Å². The van der Waals surface area contributed by atoms with Crippen molar-refractivity contribution in [2.75, 3.05) is 24.9 Å². The zero-order chi connectivity index (χ0) is 17.5. The van der Waals surface area contributed by atoms with Crippen LogP contribution in [0.5, 0.6) is 11.5 Å². The first-order valence-electron chi connectivity index (χ1n) is 7.37. The first-order valence-corrected chi connectivity index (χ1v) is 7.37. The lowest BCUT2D eigenvalue weighted by Crippen LogP contribution is -2.31. The van der Waals surface area contributed by atoms with Gasteiger partial charge in [-0.15, -0.1) is 0 Å². The smallest absolute Gasteiger partial charge is 0.246 e. The summed E-state index contributed by atoms with van der Waals surface area (Å²) in [5.41, 5.74) is 1.81. The van der Waals surface area contributed by atoms with Crippen molar-refractivity contribution in [1.82, 2.24) is 0 Å². The number of carbonyl (C=O) groups excluding carboxylic acids is 1. The highest BCUT2D eigenvalue weighted by molar-refractivity contribution is 5.96. The normalized spacial score (nSPS) is 11.1. The summed E-state index contributed by atoms with van der Waals surface area (Å²) in [4.78, 5) is 12.3. The minimum absolute atomic E-state index is 0.208. The summed E-state index contributed by atoms with van der Waals surface area (Å²) in [6.45, 7) is 1.75. The molecule has 0 saturated heterocycles. The Balaban J connectivity index is 2.04. The van der Waals surface area contributed by atoms with Crippen LogP contribution in [-0.4, -0.2) is 26.2 Å². The van der Waals surface area contributed by atoms with Crippen molar-refractivity contribution in [2.24, 2.45) is 0 Å². The summed E-state index contributed by atoms with van der Waals surface area (Å²) in [5.74, 6) is 0.991. The van der Waals surface area contributed by atoms with Crippen molar-refractivity contribution in [3.05, 3.63) is 48.0 Å². The van der Waals surface area contributed by atoms with E-state index in [2.05, 4.69) is 10.6 Å². The van der Waals surface area contributed by atoms with Crippen LogP contribution in [0.25, 0.3) is 0 Å². The van der Waals surface area contributed by atoms with E-state index < -0.39 is 6.04 Å². The Morgan fingerprint density at radius 1 is 1.08 bits per heavy atom. The Kier molecular flexibility index (Phi) is 5.63. The van der Waals surface area contributed by atoms with Crippen molar-refractivity contribution >= 4 is 17.3 Å². The van der Waals surface area contributed by atoms with E-state index in [-0.39, 0.29) is 5.91 Å². The third-order valence-corrected chi connectivity index (χ3v) is 3.42. The zero-order valence-corrected chi connectivity index (χ0v) is 13.8. The van der Waals surface area contributed by atoms with Gasteiger partial charge in [-0.2, -0.15) is 5.26 Å². The minimum atomic E-state index is -0.478. The van der Waals surface area contributed by atoms with Crippen LogP contribution in [0.1, 0.15) is 12.5 Å². The molecule has 0 aliphatic heterocycles. The van der Waals surface area contributed by atoms with Crippen LogP contribution in [0.3, 0.4) is 0 Å². The molecule has 6 heteroatoms. The maximum atomic E-state index is 12.3. The predicted octanol–water partition coefficient (Wildman–Crippen LogP) is 3.01. The molecule has 2 N–H and O–H groups in total. The number of hydrogen-bond donors (Lipinski definition) is 2. The van der Waals surface area contributed by atoms with Crippen molar-refractivity contribution in [1.29, 1.82) is 5.26 Å². The molecule has 0 bridgehead atoms. The molecule has 6 nitrogen and oxygen atoms in total. The highest BCUT2D eigenvalue weighted by atomic mass is 16.5. The molecule has 0 spiro atoms. The van der Waals surface area contributed by atoms with Gasteiger partial charge >= 0.3 is 0 Å². The Bertz CT molecular complexity index is 768. The molecule has 0 saturated carbocycles. The highest BCUT2D eigenvalue weighted by Gasteiger charge is 2.14. The van der Waals surface area contributed by atoms with E-state index in [4.69, 9.17) is 14.7 Å². The molecule has 1 unspecified atom stereocenters. The van der Waals surface area contributed by atoms with E-state index in [9.17, 15) is 4.79 Å². The molecular formula is C18H19N3O3. The molecule has 2 aromatic carbocycles. The fourth-order valence-corrected chi connectivity index (χ4v) is 2.16. The molecule has 0 aliphatic carbocycles. The van der Waals surface area contributed by atoms with Crippen LogP contribution in [0, 0.1) is 11.3 Å². The van der Waals surface area contributed by atoms with Gasteiger partial charge in [0.2, 0.25) is 5.91 Å². The SMILES string of the molecule is COc1ccc(NC(C)C(=O)Nc2cccc(C#N)c2)cc1OC. The number of methoxy groups -OCH3 is 2. The van der Waals surface area contributed by atoms with Gasteiger partial charge in [0.05, 0.1) is 25.9 Å². The number of benzene rings is 2. The quantitative estimate of drug-likeness (QED) is 0.853. The molecule has 0 aliphatic rings. The second-order valence-electron chi connectivity index (χ2n) is 5.12. The Morgan fingerprint density at radius 2 is 1.83 bits per heavy atom. The van der Waals surface area contributed by atoms with Crippen LogP contribution in [0.2, 0.25) is 0 Å². The number of nitriles is 1. The molecule has 2 aromatic rings. The topological polar surface area (TPSA) is 83.4 Å². The van der Waals surface area contributed by atoms with Gasteiger partial charge in [-0.3, -0.25) is 4.79 Å². The third kappa shape index (κ3) is 4.17. The van der Waals surface area contributed by atoms with Gasteiger partial charge in [0.1, 0.15) is 6.04 Å². The fourth-order valence-electron chi connectivity index (χ4n) is 2.16. The van der Waals surface area contributed by atoms with Gasteiger partial charge in [0.15, 0.2) is 11.5 Å². The minimum Gasteiger partial charge on any atom is -0.493 e. The van der Waals surface area contributed by atoms with Crippen LogP contribution >= 0.6 is 0 Å². The summed E-state index contributed by atoms with van der Waals surface area (Å²) in [6, 6.07) is 13.7. The summed E-state index contributed by atoms with van der Waals surface area (Å²) >= 11 is 0. The maximum absolute atomic E-state index is 12.3. The second kappa shape index (κ2) is 7.88. The van der Waals surface area contributed by atoms with Crippen molar-refractivity contribution in [3.63, 3.8) is 0 Å². The molecule has 124 valence electrons. The Morgan fingerprint density at radius 3 is 2.50 bits per heavy atom. The monoisotopic (exact) mass is 325 g/mol. The number of anilines is 2. The third-order valence-electron chi connectivity index (χ3n) is 3.42. The number of nitrogens with one attached hydrogen (secondary N) is 2. The lowest BCUT2D eigenvalue weighted by molar-refractivity contribution is -0.116. The predicted molar refractivity (Wildman–Crippen MR) is 92.4 cm³/mol. The van der Waals surface area contributed by atoms with Crippen LogP contribution in [-0.2, 0) is 4.79 Å². The molecule has 1 amide bonds. The first kappa shape index (κ1) is 17.2. The molecule has 0 heterocycles. The fraction of sp³-hybridized carbons (Fsp3) is 0.222. The number of hydrogen-bond acceptors (Lipinski definition) is 5. The van der Waals surface area contributed by atoms with Gasteiger partial charge in [0, 0.05) is 17.4 Å². The average molecular weight is 325 g/mol. The summed E-state index contributed by atoms with van der Waals surface area (Å²) in [5, 5.41) is 14.8. The zero-order valence-electron chi connectivity index (χ0n) is 13.8. The Hall–Kier alpha value is -3.20. The van der Waals surface area contributed by atoms with Crippen molar-refractivity contribution in [2.45, 2.75) is 13.0 Å². The van der Waals surface area contributed by atoms with E-state index in [1.54, 1.807) is 63.6 Å². The molecule has 1 atom stereocenters. The number of rotatable bonds is 6. The average Bonchev–Trinajstić information content (AvgIpc) is 2.61. The van der Waals surface area contributed by atoms with Crippen LogP contribution < -0.4 is 20.1 Å². The van der Waals surface area contributed by atoms with Crippen LogP contribution in [0.4, 0.5) is 11.4 Å². The van der Waals surface area contributed by atoms with E-state index in [1.807, 2.05) is 6.07 Å². The lowest BCUT2D eigenvalue weighted by Gasteiger charge is -2.17. The molecule has 2 rings (SSSR count). The van der Waals surface area contributed by atoms with Crippen molar-refractivity contribution in [3.8, 4) is 17.6 Å². The van der Waals surface area contributed by atoms with E-state index >= 15 is 0 Å². The summed E-state index contributed by atoms with van der Waals surface area (Å²) in [6.07, 6.45) is 0. The van der Waals surface area contributed by atoms with Crippen molar-refractivity contribution < 1.29 is 14.3 Å². The molecular weight excluding hydrogens is 306 g/mol. The summed E-state index contributed by atoms with van der Waals surface area (Å²) in [7, 11) is 3.12. The van der Waals surface area contributed by atoms with E-state index in [0.717, 1.165) is 5.69 Å². The van der Waals surface area contributed by atoms with E-state index in [1.165, 1.54) is 0 Å². The summed E-state index contributed by atoms with van der Waals surface area (Å²) < 4.78 is 10.4. The van der Waals surface area contributed by atoms with Crippen LogP contribution in [0.15, 0.2) is 42.5 Å². The number of carbonyl (C=O) groups is 1. The van der Waals surface area contributed by atoms with Gasteiger partial charge in [-0.05, 0) is 37.3 Å². The van der Waals surface area contributed by atoms with Gasteiger partial charge in [0.25, 0.3) is 0 Å². The number of nitrogens with zero attached hydrogens (tertiary/aromatic N) is 1. The molecule has 0 radical (unpaired) electrons. The molecule has 0 fully saturated rings. The standard InChI is InChI=1S/C18H19N3O3/c1-12(18(22)21-14-6-4-5-13(9-14)11-19)20-15-7-8-16(23-2)17(10-15)24-3/h4-10,12,20H,1-3H3,(H,21,22). The van der Waals surface area contributed by atoms with Gasteiger partial charge in [-0.1, -0.05) is 6.07 Å². The highest BCUT2D eigenvalue weighted by Crippen LogP contribution is 2.30. The molecule has 24 heavy (non-hydrogen) atoms. The maximum Gasteiger partial charge on any atom is 0.246 e. The largest absolute Gasteiger partial charge is 0.493 e. The number of amides is 1. The van der Waals surface area contributed by atoms with E-state index in [0.29, 0.717) is 22.7 Å².